The number of aryl methyl sites for hydroxylation is 2. The van der Waals surface area contributed by atoms with E-state index in [1.807, 2.05) is 20.1 Å². The summed E-state index contributed by atoms with van der Waals surface area (Å²) in [5, 5.41) is 0.752. The number of ether oxygens (including phenoxy) is 1. The molecule has 0 radical (unpaired) electrons. The monoisotopic (exact) mass is 402 g/mol. The van der Waals surface area contributed by atoms with Gasteiger partial charge in [0.1, 0.15) is 0 Å². The van der Waals surface area contributed by atoms with E-state index in [0.29, 0.717) is 6.42 Å². The summed E-state index contributed by atoms with van der Waals surface area (Å²) in [6.45, 7) is 3.85. The Morgan fingerprint density at radius 2 is 1.57 bits per heavy atom. The van der Waals surface area contributed by atoms with Gasteiger partial charge < -0.3 is 4.74 Å². The lowest BCUT2D eigenvalue weighted by atomic mass is 9.48. The van der Waals surface area contributed by atoms with E-state index in [1.165, 1.54) is 31.0 Å². The van der Waals surface area contributed by atoms with Gasteiger partial charge in [0, 0.05) is 23.2 Å². The lowest BCUT2D eigenvalue weighted by molar-refractivity contribution is -0.157. The molecule has 0 aliphatic heterocycles. The van der Waals surface area contributed by atoms with Crippen LogP contribution in [-0.4, -0.2) is 34.6 Å². The Morgan fingerprint density at radius 3 is 2.07 bits per heavy atom. The van der Waals surface area contributed by atoms with Gasteiger partial charge in [0.25, 0.3) is 0 Å². The van der Waals surface area contributed by atoms with Crippen LogP contribution in [0.5, 0.6) is 0 Å². The highest BCUT2D eigenvalue weighted by atomic mass is 32.2. The zero-order valence-electron chi connectivity index (χ0n) is 17.1. The number of aromatic nitrogens is 2. The third kappa shape index (κ3) is 3.85. The van der Waals surface area contributed by atoms with Crippen LogP contribution in [0.25, 0.3) is 0 Å². The molecule has 152 valence electrons. The minimum atomic E-state index is -0.300. The first-order chi connectivity index (χ1) is 13.4. The van der Waals surface area contributed by atoms with Crippen LogP contribution in [0.2, 0.25) is 0 Å². The lowest BCUT2D eigenvalue weighted by Gasteiger charge is -2.55. The predicted octanol–water partition coefficient (Wildman–Crippen LogP) is 4.08. The minimum absolute atomic E-state index is 0.0507. The van der Waals surface area contributed by atoms with E-state index in [1.54, 1.807) is 0 Å². The Bertz CT molecular complexity index is 734. The quantitative estimate of drug-likeness (QED) is 0.389. The number of thioether (sulfide) groups is 1. The summed E-state index contributed by atoms with van der Waals surface area (Å²) in [5.74, 6) is 2.04. The number of esters is 1. The van der Waals surface area contributed by atoms with Crippen LogP contribution in [0.4, 0.5) is 0 Å². The summed E-state index contributed by atoms with van der Waals surface area (Å²) >= 11 is 1.51. The molecule has 0 atom stereocenters. The number of carbonyl (C=O) groups excluding carboxylic acids is 2. The zero-order valence-corrected chi connectivity index (χ0v) is 17.9. The van der Waals surface area contributed by atoms with Gasteiger partial charge in [-0.15, -0.1) is 0 Å². The first kappa shape index (κ1) is 19.9. The molecule has 0 amide bonds. The van der Waals surface area contributed by atoms with Crippen molar-refractivity contribution in [2.75, 3.05) is 12.9 Å². The average Bonchev–Trinajstić information content (AvgIpc) is 2.64. The van der Waals surface area contributed by atoms with Crippen molar-refractivity contribution in [1.82, 2.24) is 9.97 Å². The van der Waals surface area contributed by atoms with Gasteiger partial charge in [-0.05, 0) is 88.4 Å². The van der Waals surface area contributed by atoms with Crippen molar-refractivity contribution >= 4 is 23.5 Å². The first-order valence-electron chi connectivity index (χ1n) is 10.5. The van der Waals surface area contributed by atoms with E-state index in [2.05, 4.69) is 9.97 Å². The maximum absolute atomic E-state index is 13.0. The third-order valence-corrected chi connectivity index (χ3v) is 7.70. The maximum atomic E-state index is 13.0. The molecular weight excluding hydrogens is 372 g/mol. The zero-order chi connectivity index (χ0) is 19.9. The van der Waals surface area contributed by atoms with Crippen molar-refractivity contribution in [2.24, 2.45) is 23.2 Å². The second-order valence-corrected chi connectivity index (χ2v) is 9.91. The van der Waals surface area contributed by atoms with Gasteiger partial charge in [-0.3, -0.25) is 9.59 Å². The molecule has 1 aromatic rings. The molecule has 1 heterocycles. The molecule has 0 N–H and O–H groups in total. The molecule has 4 saturated carbocycles. The van der Waals surface area contributed by atoms with Crippen LogP contribution in [0.15, 0.2) is 5.16 Å². The van der Waals surface area contributed by atoms with Crippen molar-refractivity contribution in [3.63, 3.8) is 0 Å². The second kappa shape index (κ2) is 7.77. The summed E-state index contributed by atoms with van der Waals surface area (Å²) in [6, 6.07) is 0. The van der Waals surface area contributed by atoms with Gasteiger partial charge in [0.05, 0.1) is 0 Å². The highest BCUT2D eigenvalue weighted by Gasteiger charge is 2.54. The van der Waals surface area contributed by atoms with Crippen molar-refractivity contribution in [3.8, 4) is 0 Å². The number of hydrogen-bond acceptors (Lipinski definition) is 6. The molecule has 4 aliphatic rings. The third-order valence-electron chi connectivity index (χ3n) is 7.16. The summed E-state index contributed by atoms with van der Waals surface area (Å²) in [4.78, 5) is 34.1. The molecule has 5 nitrogen and oxygen atoms in total. The van der Waals surface area contributed by atoms with Crippen LogP contribution in [-0.2, 0) is 20.7 Å². The molecule has 6 heteroatoms. The van der Waals surface area contributed by atoms with Crippen LogP contribution in [0.1, 0.15) is 61.9 Å². The first-order valence-corrected chi connectivity index (χ1v) is 11.7. The largest absolute Gasteiger partial charge is 0.458 e. The maximum Gasteiger partial charge on any atom is 0.306 e. The molecule has 0 saturated heterocycles. The SMILES string of the molecule is CSc1nc(C)c(CCC(=O)OCC(=O)C23CC4CC(CC(C4)C2)C3)c(C)n1. The Balaban J connectivity index is 1.30. The lowest BCUT2D eigenvalue weighted by Crippen LogP contribution is -2.51. The fourth-order valence-electron chi connectivity index (χ4n) is 6.21. The summed E-state index contributed by atoms with van der Waals surface area (Å²) in [7, 11) is 0. The topological polar surface area (TPSA) is 69.2 Å². The van der Waals surface area contributed by atoms with Gasteiger partial charge in [-0.2, -0.15) is 0 Å². The number of rotatable bonds is 7. The van der Waals surface area contributed by atoms with Crippen molar-refractivity contribution in [2.45, 2.75) is 70.4 Å². The molecule has 0 aromatic carbocycles. The van der Waals surface area contributed by atoms with Gasteiger partial charge in [0.15, 0.2) is 17.5 Å². The minimum Gasteiger partial charge on any atom is -0.458 e. The van der Waals surface area contributed by atoms with Crippen molar-refractivity contribution in [3.05, 3.63) is 17.0 Å². The van der Waals surface area contributed by atoms with Gasteiger partial charge >= 0.3 is 5.97 Å². The Hall–Kier alpha value is -1.43. The summed E-state index contributed by atoms with van der Waals surface area (Å²) < 4.78 is 5.41. The van der Waals surface area contributed by atoms with Crippen LogP contribution >= 0.6 is 11.8 Å². The van der Waals surface area contributed by atoms with E-state index in [0.717, 1.165) is 59.1 Å². The number of ketones is 1. The van der Waals surface area contributed by atoms with Crippen LogP contribution in [0, 0.1) is 37.0 Å². The predicted molar refractivity (Wildman–Crippen MR) is 108 cm³/mol. The van der Waals surface area contributed by atoms with E-state index in [9.17, 15) is 9.59 Å². The van der Waals surface area contributed by atoms with Gasteiger partial charge in [-0.25, -0.2) is 9.97 Å². The highest BCUT2D eigenvalue weighted by molar-refractivity contribution is 7.98. The Morgan fingerprint density at radius 1 is 1.04 bits per heavy atom. The molecule has 0 spiro atoms. The van der Waals surface area contributed by atoms with E-state index >= 15 is 0 Å². The van der Waals surface area contributed by atoms with Gasteiger partial charge in [0.2, 0.25) is 0 Å². The smallest absolute Gasteiger partial charge is 0.306 e. The molecular formula is C22H30N2O3S. The summed E-state index contributed by atoms with van der Waals surface area (Å²) in [5.41, 5.74) is 2.63. The van der Waals surface area contributed by atoms with Gasteiger partial charge in [-0.1, -0.05) is 11.8 Å². The fourth-order valence-corrected chi connectivity index (χ4v) is 6.67. The number of hydrogen-bond donors (Lipinski definition) is 0. The fraction of sp³-hybridized carbons (Fsp3) is 0.727. The molecule has 5 rings (SSSR count). The molecule has 28 heavy (non-hydrogen) atoms. The molecule has 4 aliphatic carbocycles. The van der Waals surface area contributed by atoms with E-state index < -0.39 is 0 Å². The Labute approximate surface area is 171 Å². The normalized spacial score (nSPS) is 30.5. The van der Waals surface area contributed by atoms with Crippen molar-refractivity contribution in [1.29, 1.82) is 0 Å². The standard InChI is InChI=1S/C22H30N2O3S/c1-13-18(14(2)24-21(23-13)28-3)4-5-20(26)27-12-19(25)22-9-15-6-16(10-22)8-17(7-15)11-22/h15-17H,4-12H2,1-3H3. The summed E-state index contributed by atoms with van der Waals surface area (Å²) in [6.07, 6.45) is 9.75. The van der Waals surface area contributed by atoms with E-state index in [-0.39, 0.29) is 30.2 Å². The number of carbonyl (C=O) groups is 2. The molecule has 0 unspecified atom stereocenters. The van der Waals surface area contributed by atoms with Crippen LogP contribution < -0.4 is 0 Å². The molecule has 4 bridgehead atoms. The number of Topliss-reactive ketones (excluding diaryl/α,β-unsaturated/α-hetero) is 1. The van der Waals surface area contributed by atoms with Crippen LogP contribution in [0.3, 0.4) is 0 Å². The van der Waals surface area contributed by atoms with E-state index in [4.69, 9.17) is 4.74 Å². The second-order valence-electron chi connectivity index (χ2n) is 9.14. The highest BCUT2D eigenvalue weighted by Crippen LogP contribution is 2.60. The Kier molecular flexibility index (Phi) is 5.51. The molecule has 4 fully saturated rings. The van der Waals surface area contributed by atoms with Crippen molar-refractivity contribution < 1.29 is 14.3 Å². The molecule has 1 aromatic heterocycles. The average molecular weight is 403 g/mol. The number of nitrogens with zero attached hydrogens (tertiary/aromatic N) is 2.